The van der Waals surface area contributed by atoms with Gasteiger partial charge >= 0.3 is 0 Å². The Balaban J connectivity index is 1.66. The number of benzene rings is 3. The maximum atomic E-state index is 14.2. The van der Waals surface area contributed by atoms with Gasteiger partial charge in [-0.2, -0.15) is 0 Å². The van der Waals surface area contributed by atoms with Gasteiger partial charge in [-0.3, -0.25) is 14.4 Å². The number of hydrogen-bond donors (Lipinski definition) is 4. The first-order chi connectivity index (χ1) is 18.4. The Bertz CT molecular complexity index is 1470. The molecular weight excluding hydrogens is 627 g/mol. The van der Waals surface area contributed by atoms with Crippen molar-refractivity contribution in [1.29, 1.82) is 0 Å². The minimum atomic E-state index is -1.05. The minimum Gasteiger partial charge on any atom is -0.366 e. The summed E-state index contributed by atoms with van der Waals surface area (Å²) in [6.07, 6.45) is 0.653. The van der Waals surface area contributed by atoms with Crippen molar-refractivity contribution in [3.8, 4) is 0 Å². The maximum Gasteiger partial charge on any atom is 0.248 e. The van der Waals surface area contributed by atoms with Crippen LogP contribution in [0.15, 0.2) is 66.7 Å². The Morgan fingerprint density at radius 3 is 2.44 bits per heavy atom. The molecule has 0 unspecified atom stereocenters. The molecule has 2 aliphatic rings. The zero-order valence-corrected chi connectivity index (χ0v) is 24.8. The van der Waals surface area contributed by atoms with E-state index in [4.69, 9.17) is 17.3 Å². The number of nitrogens with two attached hydrogens (primary N) is 1. The highest BCUT2D eigenvalue weighted by atomic mass is 127. The number of nitrogens with one attached hydrogen (secondary N) is 3. The van der Waals surface area contributed by atoms with Gasteiger partial charge in [-0.15, -0.1) is 0 Å². The smallest absolute Gasteiger partial charge is 0.248 e. The Kier molecular flexibility index (Phi) is 7.24. The van der Waals surface area contributed by atoms with E-state index >= 15 is 0 Å². The molecule has 1 fully saturated rings. The fourth-order valence-corrected chi connectivity index (χ4v) is 6.80. The molecule has 3 amide bonds. The van der Waals surface area contributed by atoms with Gasteiger partial charge in [-0.05, 0) is 94.1 Å². The largest absolute Gasteiger partial charge is 0.366 e. The number of carbonyl (C=O) groups is 3. The zero-order valence-electron chi connectivity index (χ0n) is 21.8. The van der Waals surface area contributed by atoms with E-state index in [1.807, 2.05) is 30.3 Å². The molecule has 9 heteroatoms. The van der Waals surface area contributed by atoms with Crippen LogP contribution in [0.4, 0.5) is 11.4 Å². The van der Waals surface area contributed by atoms with Crippen molar-refractivity contribution in [2.24, 2.45) is 11.1 Å². The highest BCUT2D eigenvalue weighted by Gasteiger charge is 2.65. The molecule has 39 heavy (non-hydrogen) atoms. The zero-order chi connectivity index (χ0) is 28.1. The van der Waals surface area contributed by atoms with Crippen LogP contribution in [0.1, 0.15) is 54.6 Å². The fourth-order valence-electron chi connectivity index (χ4n) is 6.06. The summed E-state index contributed by atoms with van der Waals surface area (Å²) in [5.74, 6) is -1.46. The molecule has 3 aromatic rings. The normalized spacial score (nSPS) is 23.9. The molecule has 1 spiro atoms. The van der Waals surface area contributed by atoms with Crippen molar-refractivity contribution in [3.05, 3.63) is 92.0 Å². The quantitative estimate of drug-likeness (QED) is 0.274. The monoisotopic (exact) mass is 656 g/mol. The lowest BCUT2D eigenvalue weighted by molar-refractivity contribution is -0.122. The fraction of sp³-hybridized carbons (Fsp3) is 0.300. The van der Waals surface area contributed by atoms with Crippen LogP contribution in [0, 0.1) is 8.99 Å². The highest BCUT2D eigenvalue weighted by Crippen LogP contribution is 2.56. The van der Waals surface area contributed by atoms with E-state index in [2.05, 4.69) is 59.3 Å². The second kappa shape index (κ2) is 10.2. The molecule has 2 aliphatic heterocycles. The van der Waals surface area contributed by atoms with Crippen LogP contribution in [-0.2, 0) is 15.0 Å². The van der Waals surface area contributed by atoms with Crippen LogP contribution in [0.25, 0.3) is 0 Å². The first-order valence-corrected chi connectivity index (χ1v) is 14.2. The molecule has 2 heterocycles. The Morgan fingerprint density at radius 2 is 1.79 bits per heavy atom. The van der Waals surface area contributed by atoms with E-state index in [9.17, 15) is 14.4 Å². The van der Waals surface area contributed by atoms with Crippen LogP contribution in [0.5, 0.6) is 0 Å². The minimum absolute atomic E-state index is 0.133. The summed E-state index contributed by atoms with van der Waals surface area (Å²) < 4.78 is 1.01. The highest BCUT2D eigenvalue weighted by molar-refractivity contribution is 14.1. The van der Waals surface area contributed by atoms with Crippen molar-refractivity contribution in [2.75, 3.05) is 10.6 Å². The van der Waals surface area contributed by atoms with Gasteiger partial charge in [0, 0.05) is 37.5 Å². The molecule has 0 bridgehead atoms. The van der Waals surface area contributed by atoms with Gasteiger partial charge in [-0.25, -0.2) is 0 Å². The van der Waals surface area contributed by atoms with E-state index in [1.165, 1.54) is 0 Å². The Hall–Kier alpha value is -2.95. The van der Waals surface area contributed by atoms with Crippen molar-refractivity contribution in [2.45, 2.75) is 50.6 Å². The molecular formula is C30H30ClIN4O3. The van der Waals surface area contributed by atoms with E-state index < -0.39 is 23.3 Å². The lowest BCUT2D eigenvalue weighted by atomic mass is 9.62. The number of primary amides is 1. The SMILES string of the molecule is CC(C)(C)C[C@@H]1N[C@@H](C(=O)Nc2ccc(C(N)=O)cc2)[C@H](c2cccc(I)c2)[C@]12C(=O)Nc1cc(Cl)ccc12. The first kappa shape index (κ1) is 27.6. The summed E-state index contributed by atoms with van der Waals surface area (Å²) in [5, 5.41) is 10.2. The number of anilines is 2. The average molecular weight is 657 g/mol. The van der Waals surface area contributed by atoms with Crippen molar-refractivity contribution in [1.82, 2.24) is 5.32 Å². The summed E-state index contributed by atoms with van der Waals surface area (Å²) in [6, 6.07) is 18.8. The van der Waals surface area contributed by atoms with Crippen LogP contribution in [0.2, 0.25) is 5.02 Å². The number of hydrogen-bond acceptors (Lipinski definition) is 4. The number of amides is 3. The second-order valence-corrected chi connectivity index (χ2v) is 13.1. The summed E-state index contributed by atoms with van der Waals surface area (Å²) in [6.45, 7) is 6.39. The summed E-state index contributed by atoms with van der Waals surface area (Å²) in [5.41, 5.74) is 7.48. The van der Waals surface area contributed by atoms with E-state index in [-0.39, 0.29) is 23.3 Å². The first-order valence-electron chi connectivity index (χ1n) is 12.7. The molecule has 5 rings (SSSR count). The predicted octanol–water partition coefficient (Wildman–Crippen LogP) is 5.43. The Labute approximate surface area is 246 Å². The second-order valence-electron chi connectivity index (χ2n) is 11.4. The van der Waals surface area contributed by atoms with Gasteiger partial charge in [0.1, 0.15) is 5.41 Å². The molecule has 1 saturated heterocycles. The van der Waals surface area contributed by atoms with Gasteiger partial charge in [0.05, 0.1) is 6.04 Å². The van der Waals surface area contributed by atoms with Crippen LogP contribution in [-0.4, -0.2) is 29.8 Å². The lowest BCUT2D eigenvalue weighted by Gasteiger charge is -2.37. The third kappa shape index (κ3) is 5.05. The number of fused-ring (bicyclic) bond motifs is 2. The molecule has 7 nitrogen and oxygen atoms in total. The van der Waals surface area contributed by atoms with E-state index in [0.717, 1.165) is 14.7 Å². The van der Waals surface area contributed by atoms with E-state index in [0.29, 0.717) is 28.4 Å². The molecule has 0 aliphatic carbocycles. The standard InChI is InChI=1S/C30H30ClIN4O3/c1-29(2,3)15-23-30(21-12-9-18(31)14-22(21)35-28(30)39)24(17-5-4-6-19(32)13-17)25(36-23)27(38)34-20-10-7-16(8-11-20)26(33)37/h4-14,23-25,36H,15H2,1-3H3,(H2,33,37)(H,34,38)(H,35,39)/t23-,24-,25+,30+/m0/s1. The number of carbonyl (C=O) groups excluding carboxylic acids is 3. The van der Waals surface area contributed by atoms with Crippen LogP contribution in [0.3, 0.4) is 0 Å². The third-order valence-corrected chi connectivity index (χ3v) is 8.46. The molecule has 5 N–H and O–H groups in total. The van der Waals surface area contributed by atoms with Crippen LogP contribution < -0.4 is 21.7 Å². The van der Waals surface area contributed by atoms with E-state index in [1.54, 1.807) is 36.4 Å². The summed E-state index contributed by atoms with van der Waals surface area (Å²) >= 11 is 8.58. The molecule has 0 radical (unpaired) electrons. The Morgan fingerprint density at radius 1 is 1.08 bits per heavy atom. The third-order valence-electron chi connectivity index (χ3n) is 7.55. The number of halogens is 2. The van der Waals surface area contributed by atoms with Crippen molar-refractivity contribution >= 4 is 63.3 Å². The molecule has 0 aromatic heterocycles. The maximum absolute atomic E-state index is 14.2. The lowest BCUT2D eigenvalue weighted by Crippen LogP contribution is -2.49. The van der Waals surface area contributed by atoms with Crippen molar-refractivity contribution in [3.63, 3.8) is 0 Å². The molecule has 202 valence electrons. The van der Waals surface area contributed by atoms with Gasteiger partial charge in [0.15, 0.2) is 0 Å². The van der Waals surface area contributed by atoms with Crippen molar-refractivity contribution < 1.29 is 14.4 Å². The molecule has 0 saturated carbocycles. The topological polar surface area (TPSA) is 113 Å². The molecule has 3 aromatic carbocycles. The van der Waals surface area contributed by atoms with Gasteiger partial charge in [-0.1, -0.05) is 50.6 Å². The van der Waals surface area contributed by atoms with Gasteiger partial charge in [0.25, 0.3) is 0 Å². The summed E-state index contributed by atoms with van der Waals surface area (Å²) in [7, 11) is 0. The number of rotatable bonds is 5. The van der Waals surface area contributed by atoms with Gasteiger partial charge < -0.3 is 21.7 Å². The van der Waals surface area contributed by atoms with Crippen LogP contribution >= 0.6 is 34.2 Å². The summed E-state index contributed by atoms with van der Waals surface area (Å²) in [4.78, 5) is 39.7. The van der Waals surface area contributed by atoms with Gasteiger partial charge in [0.2, 0.25) is 17.7 Å². The molecule has 4 atom stereocenters. The predicted molar refractivity (Wildman–Crippen MR) is 162 cm³/mol. The average Bonchev–Trinajstić information content (AvgIpc) is 3.33.